The van der Waals surface area contributed by atoms with Crippen molar-refractivity contribution in [2.75, 3.05) is 20.1 Å². The number of hydrogen-bond acceptors (Lipinski definition) is 4. The molecule has 0 spiro atoms. The Hall–Kier alpha value is -1.68. The number of hydrogen-bond donors (Lipinski definition) is 0. The van der Waals surface area contributed by atoms with Crippen molar-refractivity contribution < 1.29 is 4.52 Å². The van der Waals surface area contributed by atoms with Gasteiger partial charge >= 0.3 is 0 Å². The summed E-state index contributed by atoms with van der Waals surface area (Å²) >= 11 is 0. The van der Waals surface area contributed by atoms with E-state index >= 15 is 0 Å². The monoisotopic (exact) mass is 271 g/mol. The molecule has 0 radical (unpaired) electrons. The first kappa shape index (κ1) is 13.3. The zero-order valence-corrected chi connectivity index (χ0v) is 12.0. The summed E-state index contributed by atoms with van der Waals surface area (Å²) in [6, 6.07) is 10.5. The highest BCUT2D eigenvalue weighted by Crippen LogP contribution is 2.24. The summed E-state index contributed by atoms with van der Waals surface area (Å²) in [5.74, 6) is 2.10. The maximum atomic E-state index is 5.41. The molecule has 3 rings (SSSR count). The number of likely N-dealkylation sites (tertiary alicyclic amines) is 1. The van der Waals surface area contributed by atoms with Gasteiger partial charge in [0.2, 0.25) is 5.89 Å². The fourth-order valence-electron chi connectivity index (χ4n) is 2.77. The van der Waals surface area contributed by atoms with E-state index in [1.807, 2.05) is 6.07 Å². The molecule has 106 valence electrons. The topological polar surface area (TPSA) is 42.2 Å². The van der Waals surface area contributed by atoms with E-state index in [1.165, 1.54) is 5.56 Å². The highest BCUT2D eigenvalue weighted by atomic mass is 16.5. The Morgan fingerprint density at radius 2 is 2.10 bits per heavy atom. The molecule has 0 saturated carbocycles. The Bertz CT molecular complexity index is 538. The molecule has 0 bridgehead atoms. The minimum atomic E-state index is 0.426. The van der Waals surface area contributed by atoms with E-state index in [9.17, 15) is 0 Å². The molecule has 1 aliphatic heterocycles. The summed E-state index contributed by atoms with van der Waals surface area (Å²) in [7, 11) is 2.14. The van der Waals surface area contributed by atoms with E-state index in [1.54, 1.807) is 0 Å². The van der Waals surface area contributed by atoms with Crippen LogP contribution in [0.15, 0.2) is 34.9 Å². The standard InChI is InChI=1S/C16H21N3O/c1-19-11-10-14(12-19)16-17-15(18-20-16)9-5-8-13-6-3-2-4-7-13/h2-4,6-7,14H,5,8-12H2,1H3/t14-/m0/s1. The molecule has 1 aromatic heterocycles. The molecule has 0 amide bonds. The van der Waals surface area contributed by atoms with Crippen molar-refractivity contribution in [1.82, 2.24) is 15.0 Å². The fourth-order valence-corrected chi connectivity index (χ4v) is 2.77. The molecule has 2 heterocycles. The number of benzene rings is 1. The molecule has 1 atom stereocenters. The molecular formula is C16H21N3O. The Balaban J connectivity index is 1.50. The van der Waals surface area contributed by atoms with Crippen LogP contribution in [0.3, 0.4) is 0 Å². The van der Waals surface area contributed by atoms with Crippen LogP contribution in [0.5, 0.6) is 0 Å². The fraction of sp³-hybridized carbons (Fsp3) is 0.500. The number of nitrogens with zero attached hydrogens (tertiary/aromatic N) is 3. The number of likely N-dealkylation sites (N-methyl/N-ethyl adjacent to an activating group) is 1. The van der Waals surface area contributed by atoms with Crippen LogP contribution < -0.4 is 0 Å². The summed E-state index contributed by atoms with van der Waals surface area (Å²) in [5.41, 5.74) is 1.37. The molecule has 20 heavy (non-hydrogen) atoms. The predicted molar refractivity (Wildman–Crippen MR) is 77.6 cm³/mol. The zero-order chi connectivity index (χ0) is 13.8. The average Bonchev–Trinajstić information content (AvgIpc) is 3.09. The SMILES string of the molecule is CN1CC[C@H](c2nc(CCCc3ccccc3)no2)C1. The van der Waals surface area contributed by atoms with E-state index in [-0.39, 0.29) is 0 Å². The maximum Gasteiger partial charge on any atom is 0.231 e. The first-order valence-corrected chi connectivity index (χ1v) is 7.36. The Kier molecular flexibility index (Phi) is 4.11. The summed E-state index contributed by atoms with van der Waals surface area (Å²) in [4.78, 5) is 6.86. The highest BCUT2D eigenvalue weighted by molar-refractivity contribution is 5.14. The molecule has 4 nitrogen and oxygen atoms in total. The smallest absolute Gasteiger partial charge is 0.231 e. The lowest BCUT2D eigenvalue weighted by atomic mass is 10.1. The van der Waals surface area contributed by atoms with Gasteiger partial charge in [0.05, 0.1) is 5.92 Å². The Labute approximate surface area is 119 Å². The molecule has 0 unspecified atom stereocenters. The van der Waals surface area contributed by atoms with Crippen molar-refractivity contribution in [1.29, 1.82) is 0 Å². The molecule has 4 heteroatoms. The van der Waals surface area contributed by atoms with E-state index < -0.39 is 0 Å². The summed E-state index contributed by atoms with van der Waals surface area (Å²) in [5, 5.41) is 4.11. The Morgan fingerprint density at radius 3 is 2.85 bits per heavy atom. The van der Waals surface area contributed by atoms with Gasteiger partial charge in [-0.15, -0.1) is 0 Å². The van der Waals surface area contributed by atoms with Crippen molar-refractivity contribution in [2.45, 2.75) is 31.6 Å². The van der Waals surface area contributed by atoms with Gasteiger partial charge in [-0.2, -0.15) is 4.98 Å². The van der Waals surface area contributed by atoms with Crippen LogP contribution in [0.2, 0.25) is 0 Å². The summed E-state index contributed by atoms with van der Waals surface area (Å²) in [6.07, 6.45) is 4.15. The third-order valence-electron chi connectivity index (χ3n) is 3.93. The first-order chi connectivity index (χ1) is 9.81. The van der Waals surface area contributed by atoms with Crippen LogP contribution in [0, 0.1) is 0 Å². The van der Waals surface area contributed by atoms with Crippen molar-refractivity contribution in [2.24, 2.45) is 0 Å². The summed E-state index contributed by atoms with van der Waals surface area (Å²) < 4.78 is 5.41. The maximum absolute atomic E-state index is 5.41. The molecule has 0 N–H and O–H groups in total. The lowest BCUT2D eigenvalue weighted by Gasteiger charge is -2.05. The number of rotatable bonds is 5. The van der Waals surface area contributed by atoms with Crippen LogP contribution in [0.25, 0.3) is 0 Å². The Morgan fingerprint density at radius 1 is 1.25 bits per heavy atom. The minimum absolute atomic E-state index is 0.426. The van der Waals surface area contributed by atoms with Crippen LogP contribution in [-0.2, 0) is 12.8 Å². The second-order valence-corrected chi connectivity index (χ2v) is 5.64. The van der Waals surface area contributed by atoms with Crippen molar-refractivity contribution in [3.05, 3.63) is 47.6 Å². The van der Waals surface area contributed by atoms with Crippen molar-refractivity contribution in [3.8, 4) is 0 Å². The van der Waals surface area contributed by atoms with Gasteiger partial charge in [0.1, 0.15) is 0 Å². The van der Waals surface area contributed by atoms with Gasteiger partial charge in [-0.3, -0.25) is 0 Å². The molecule has 1 aliphatic rings. The average molecular weight is 271 g/mol. The summed E-state index contributed by atoms with van der Waals surface area (Å²) in [6.45, 7) is 2.15. The van der Waals surface area contributed by atoms with E-state index in [0.717, 1.165) is 50.5 Å². The third kappa shape index (κ3) is 3.25. The van der Waals surface area contributed by atoms with Crippen LogP contribution >= 0.6 is 0 Å². The quantitative estimate of drug-likeness (QED) is 0.838. The second kappa shape index (κ2) is 6.18. The first-order valence-electron chi connectivity index (χ1n) is 7.36. The molecule has 1 aromatic carbocycles. The van der Waals surface area contributed by atoms with Gasteiger partial charge in [-0.1, -0.05) is 35.5 Å². The third-order valence-corrected chi connectivity index (χ3v) is 3.93. The molecule has 1 fully saturated rings. The lowest BCUT2D eigenvalue weighted by Crippen LogP contribution is -2.13. The van der Waals surface area contributed by atoms with E-state index in [2.05, 4.69) is 46.4 Å². The molecule has 2 aromatic rings. The van der Waals surface area contributed by atoms with E-state index in [4.69, 9.17) is 4.52 Å². The zero-order valence-electron chi connectivity index (χ0n) is 12.0. The largest absolute Gasteiger partial charge is 0.339 e. The van der Waals surface area contributed by atoms with Gasteiger partial charge in [0.15, 0.2) is 5.82 Å². The van der Waals surface area contributed by atoms with Crippen LogP contribution in [-0.4, -0.2) is 35.2 Å². The molecule has 0 aliphatic carbocycles. The normalized spacial score (nSPS) is 19.6. The van der Waals surface area contributed by atoms with Crippen LogP contribution in [0.1, 0.15) is 36.0 Å². The lowest BCUT2D eigenvalue weighted by molar-refractivity contribution is 0.341. The number of aryl methyl sites for hydroxylation is 2. The van der Waals surface area contributed by atoms with Gasteiger partial charge in [0.25, 0.3) is 0 Å². The number of aromatic nitrogens is 2. The van der Waals surface area contributed by atoms with Gasteiger partial charge in [-0.25, -0.2) is 0 Å². The van der Waals surface area contributed by atoms with Crippen LogP contribution in [0.4, 0.5) is 0 Å². The van der Waals surface area contributed by atoms with Crippen molar-refractivity contribution in [3.63, 3.8) is 0 Å². The minimum Gasteiger partial charge on any atom is -0.339 e. The molecular weight excluding hydrogens is 250 g/mol. The van der Waals surface area contributed by atoms with E-state index in [0.29, 0.717) is 5.92 Å². The molecule has 1 saturated heterocycles. The van der Waals surface area contributed by atoms with Gasteiger partial charge in [0, 0.05) is 13.0 Å². The van der Waals surface area contributed by atoms with Crippen molar-refractivity contribution >= 4 is 0 Å². The predicted octanol–water partition coefficient (Wildman–Crippen LogP) is 2.66. The van der Waals surface area contributed by atoms with Gasteiger partial charge < -0.3 is 9.42 Å². The highest BCUT2D eigenvalue weighted by Gasteiger charge is 2.26. The second-order valence-electron chi connectivity index (χ2n) is 5.64. The van der Waals surface area contributed by atoms with Gasteiger partial charge in [-0.05, 0) is 38.4 Å².